The first-order valence-corrected chi connectivity index (χ1v) is 12.2. The van der Waals surface area contributed by atoms with Crippen molar-refractivity contribution in [2.45, 2.75) is 20.8 Å². The molecule has 0 atom stereocenters. The maximum atomic E-state index is 6.31. The molecule has 0 saturated carbocycles. The summed E-state index contributed by atoms with van der Waals surface area (Å²) >= 11 is 6.31. The summed E-state index contributed by atoms with van der Waals surface area (Å²) < 4.78 is 12.1. The molecule has 0 aliphatic heterocycles. The van der Waals surface area contributed by atoms with Gasteiger partial charge in [-0.2, -0.15) is 9.97 Å². The Bertz CT molecular complexity index is 1870. The van der Waals surface area contributed by atoms with Crippen molar-refractivity contribution in [2.75, 3.05) is 0 Å². The molecule has 0 amide bonds. The predicted molar refractivity (Wildman–Crippen MR) is 148 cm³/mol. The minimum Gasteiger partial charge on any atom is -0.456 e. The molecular weight excluding hydrogens is 470 g/mol. The molecule has 178 valence electrons. The molecule has 5 nitrogen and oxygen atoms in total. The highest BCUT2D eigenvalue weighted by Crippen LogP contribution is 2.32. The predicted octanol–water partition coefficient (Wildman–Crippen LogP) is 7.30. The monoisotopic (exact) mass is 493 g/mol. The number of rotatable bonds is 3. The molecule has 0 N–H and O–H groups in total. The van der Waals surface area contributed by atoms with Crippen molar-refractivity contribution in [3.8, 4) is 22.8 Å². The summed E-state index contributed by atoms with van der Waals surface area (Å²) in [6.45, 7) is 9.75. The van der Waals surface area contributed by atoms with Gasteiger partial charge in [-0.3, -0.25) is 0 Å². The summed E-state index contributed by atoms with van der Waals surface area (Å²) in [5.41, 5.74) is 4.68. The Kier molecular flexibility index (Phi) is 6.40. The Morgan fingerprint density at radius 1 is 0.750 bits per heavy atom. The largest absolute Gasteiger partial charge is 0.456 e. The Morgan fingerprint density at radius 3 is 2.03 bits per heavy atom. The van der Waals surface area contributed by atoms with E-state index in [2.05, 4.69) is 16.5 Å². The highest BCUT2D eigenvalue weighted by molar-refractivity contribution is 6.28. The fraction of sp³-hybridized carbons (Fsp3) is 0.100. The van der Waals surface area contributed by atoms with E-state index in [1.807, 2.05) is 93.6 Å². The molecule has 0 unspecified atom stereocenters. The van der Waals surface area contributed by atoms with E-state index in [0.717, 1.165) is 54.7 Å². The zero-order valence-corrected chi connectivity index (χ0v) is 21.0. The van der Waals surface area contributed by atoms with Gasteiger partial charge in [0.15, 0.2) is 11.6 Å². The minimum absolute atomic E-state index is 0.118. The number of hydrogen-bond donors (Lipinski definition) is 0. The zero-order valence-electron chi connectivity index (χ0n) is 20.2. The second-order valence-corrected chi connectivity index (χ2v) is 8.18. The van der Waals surface area contributed by atoms with Crippen LogP contribution in [0.3, 0.4) is 0 Å². The molecule has 3 aromatic carbocycles. The van der Waals surface area contributed by atoms with Crippen LogP contribution in [0.5, 0.6) is 0 Å². The van der Waals surface area contributed by atoms with Crippen LogP contribution in [0, 0.1) is 0 Å². The third-order valence-electron chi connectivity index (χ3n) is 5.82. The molecule has 3 heterocycles. The molecule has 6 aromatic rings. The van der Waals surface area contributed by atoms with Crippen molar-refractivity contribution in [1.82, 2.24) is 15.0 Å². The van der Waals surface area contributed by atoms with Crippen LogP contribution in [-0.4, -0.2) is 15.0 Å². The van der Waals surface area contributed by atoms with E-state index >= 15 is 0 Å². The summed E-state index contributed by atoms with van der Waals surface area (Å²) in [7, 11) is 0. The Labute approximate surface area is 213 Å². The average molecular weight is 494 g/mol. The first-order chi connectivity index (χ1) is 17.6. The van der Waals surface area contributed by atoms with E-state index in [0.29, 0.717) is 11.6 Å². The van der Waals surface area contributed by atoms with Gasteiger partial charge in [-0.15, -0.1) is 0 Å². The molecule has 6 heteroatoms. The number of benzene rings is 3. The van der Waals surface area contributed by atoms with Gasteiger partial charge in [0.25, 0.3) is 0 Å². The first-order valence-electron chi connectivity index (χ1n) is 11.8. The fourth-order valence-corrected chi connectivity index (χ4v) is 4.44. The number of halogens is 1. The van der Waals surface area contributed by atoms with E-state index in [4.69, 9.17) is 25.4 Å². The minimum atomic E-state index is 0.118. The van der Waals surface area contributed by atoms with Gasteiger partial charge in [0.1, 0.15) is 22.2 Å². The van der Waals surface area contributed by atoms with E-state index < -0.39 is 0 Å². The smallest absolute Gasteiger partial charge is 0.226 e. The molecule has 0 aliphatic rings. The molecule has 0 aliphatic carbocycles. The molecule has 0 bridgehead atoms. The lowest BCUT2D eigenvalue weighted by Crippen LogP contribution is -2.18. The van der Waals surface area contributed by atoms with Crippen molar-refractivity contribution in [3.05, 3.63) is 89.2 Å². The number of allylic oxidation sites excluding steroid dienone is 1. The number of furan rings is 2. The van der Waals surface area contributed by atoms with Crippen molar-refractivity contribution in [2.24, 2.45) is 0 Å². The van der Waals surface area contributed by atoms with Crippen LogP contribution in [0.4, 0.5) is 0 Å². The SMILES string of the molecule is C=C/C=c1/oc2cc(-c3nc(Cl)nc(-c4ccc5c(c4)oc4ccccc45)n3)ccc2/c1=C/C.CC. The van der Waals surface area contributed by atoms with E-state index in [1.54, 1.807) is 6.08 Å². The summed E-state index contributed by atoms with van der Waals surface area (Å²) in [6.07, 6.45) is 5.58. The Morgan fingerprint density at radius 2 is 1.36 bits per heavy atom. The topological polar surface area (TPSA) is 65.0 Å². The third-order valence-corrected chi connectivity index (χ3v) is 5.99. The Hall–Kier alpha value is -4.22. The van der Waals surface area contributed by atoms with Crippen LogP contribution in [0.15, 0.2) is 82.2 Å². The van der Waals surface area contributed by atoms with E-state index in [1.165, 1.54) is 0 Å². The average Bonchev–Trinajstić information content (AvgIpc) is 3.46. The lowest BCUT2D eigenvalue weighted by molar-refractivity contribution is 0.576. The van der Waals surface area contributed by atoms with Crippen molar-refractivity contribution < 1.29 is 8.83 Å². The molecular formula is C30H24ClN3O2. The summed E-state index contributed by atoms with van der Waals surface area (Å²) in [6, 6.07) is 19.8. The van der Waals surface area contributed by atoms with Crippen LogP contribution in [0.2, 0.25) is 5.28 Å². The van der Waals surface area contributed by atoms with Gasteiger partial charge >= 0.3 is 0 Å². The molecule has 36 heavy (non-hydrogen) atoms. The molecule has 0 spiro atoms. The van der Waals surface area contributed by atoms with E-state index in [9.17, 15) is 0 Å². The highest BCUT2D eigenvalue weighted by atomic mass is 35.5. The van der Waals surface area contributed by atoms with Gasteiger partial charge in [-0.25, -0.2) is 4.98 Å². The van der Waals surface area contributed by atoms with Crippen molar-refractivity contribution in [1.29, 1.82) is 0 Å². The van der Waals surface area contributed by atoms with Crippen LogP contribution >= 0.6 is 11.6 Å². The quantitative estimate of drug-likeness (QED) is 0.259. The molecule has 6 rings (SSSR count). The first kappa shape index (κ1) is 23.5. The number of para-hydroxylation sites is 1. The third kappa shape index (κ3) is 4.08. The number of fused-ring (bicyclic) bond motifs is 4. The maximum absolute atomic E-state index is 6.31. The van der Waals surface area contributed by atoms with Gasteiger partial charge in [0, 0.05) is 32.5 Å². The number of hydrogen-bond acceptors (Lipinski definition) is 5. The van der Waals surface area contributed by atoms with Crippen LogP contribution in [0.25, 0.3) is 67.8 Å². The lowest BCUT2D eigenvalue weighted by atomic mass is 10.1. The van der Waals surface area contributed by atoms with Crippen molar-refractivity contribution >= 4 is 56.7 Å². The Balaban J connectivity index is 0.00000130. The normalized spacial score (nSPS) is 12.3. The standard InChI is InChI=1S/C28H18ClN3O2.C2H6/c1-3-7-22-18(4-2)20-12-10-16(14-24(20)33-22)26-30-27(32-28(29)31-26)17-11-13-21-19-8-5-6-9-23(19)34-25(21)15-17;1-2/h3-15H,1H2,2H3;1-2H3/b18-4-,22-7+;. The second-order valence-electron chi connectivity index (χ2n) is 7.84. The van der Waals surface area contributed by atoms with Crippen molar-refractivity contribution in [3.63, 3.8) is 0 Å². The number of aromatic nitrogens is 3. The highest BCUT2D eigenvalue weighted by Gasteiger charge is 2.14. The van der Waals surface area contributed by atoms with Gasteiger partial charge in [0.2, 0.25) is 5.28 Å². The molecule has 0 fully saturated rings. The summed E-state index contributed by atoms with van der Waals surface area (Å²) in [5, 5.41) is 4.26. The lowest BCUT2D eigenvalue weighted by Gasteiger charge is -2.05. The number of nitrogens with zero attached hydrogens (tertiary/aromatic N) is 3. The molecule has 0 radical (unpaired) electrons. The maximum Gasteiger partial charge on any atom is 0.226 e. The molecule has 3 aromatic heterocycles. The van der Waals surface area contributed by atoms with Crippen LogP contribution < -0.4 is 10.6 Å². The van der Waals surface area contributed by atoms with Gasteiger partial charge in [-0.1, -0.05) is 62.9 Å². The second kappa shape index (κ2) is 9.80. The zero-order chi connectivity index (χ0) is 25.2. The van der Waals surface area contributed by atoms with E-state index in [-0.39, 0.29) is 5.28 Å². The fourth-order valence-electron chi connectivity index (χ4n) is 4.28. The van der Waals surface area contributed by atoms with Crippen LogP contribution in [-0.2, 0) is 0 Å². The molecule has 0 saturated heterocycles. The van der Waals surface area contributed by atoms with Gasteiger partial charge in [0.05, 0.1) is 0 Å². The van der Waals surface area contributed by atoms with Gasteiger partial charge in [-0.05, 0) is 54.9 Å². The van der Waals surface area contributed by atoms with Gasteiger partial charge < -0.3 is 8.83 Å². The summed E-state index contributed by atoms with van der Waals surface area (Å²) in [5.74, 6) is 0.939. The van der Waals surface area contributed by atoms with Crippen LogP contribution in [0.1, 0.15) is 20.8 Å². The summed E-state index contributed by atoms with van der Waals surface area (Å²) in [4.78, 5) is 13.4.